The minimum Gasteiger partial charge on any atom is -0.462 e. The molecule has 0 aliphatic carbocycles. The van der Waals surface area contributed by atoms with E-state index < -0.39 is 6.10 Å². The number of carbonyl (C=O) groups is 3. The van der Waals surface area contributed by atoms with Crippen LogP contribution in [0.4, 0.5) is 0 Å². The number of unbranched alkanes of at least 4 members (excludes halogenated alkanes) is 20. The molecule has 0 heterocycles. The first-order valence-corrected chi connectivity index (χ1v) is 22.0. The Bertz CT molecular complexity index is 1050. The Kier molecular flexibility index (Phi) is 40.1. The van der Waals surface area contributed by atoms with Gasteiger partial charge in [0.2, 0.25) is 0 Å². The summed E-state index contributed by atoms with van der Waals surface area (Å²) in [6, 6.07) is 0. The van der Waals surface area contributed by atoms with Crippen molar-refractivity contribution in [2.75, 3.05) is 13.2 Å². The maximum Gasteiger partial charge on any atom is 0.306 e. The lowest BCUT2D eigenvalue weighted by Gasteiger charge is -2.18. The van der Waals surface area contributed by atoms with Crippen LogP contribution in [0.15, 0.2) is 72.9 Å². The van der Waals surface area contributed by atoms with Crippen molar-refractivity contribution < 1.29 is 28.6 Å². The molecule has 1 atom stereocenters. The number of hydrogen-bond acceptors (Lipinski definition) is 6. The van der Waals surface area contributed by atoms with E-state index in [1.807, 2.05) is 60.8 Å². The topological polar surface area (TPSA) is 78.9 Å². The van der Waals surface area contributed by atoms with Crippen LogP contribution >= 0.6 is 0 Å². The van der Waals surface area contributed by atoms with E-state index in [1.165, 1.54) is 83.5 Å². The second-order valence-corrected chi connectivity index (χ2v) is 14.4. The Morgan fingerprint density at radius 2 is 0.722 bits per heavy atom. The largest absolute Gasteiger partial charge is 0.462 e. The lowest BCUT2D eigenvalue weighted by molar-refractivity contribution is -0.167. The van der Waals surface area contributed by atoms with Gasteiger partial charge in [-0.2, -0.15) is 0 Å². The normalized spacial score (nSPS) is 12.7. The smallest absolute Gasteiger partial charge is 0.306 e. The summed E-state index contributed by atoms with van der Waals surface area (Å²) in [6.45, 7) is 6.40. The molecular formula is C48H80O6. The molecule has 0 saturated carbocycles. The summed E-state index contributed by atoms with van der Waals surface area (Å²) in [5, 5.41) is 0. The van der Waals surface area contributed by atoms with Crippen molar-refractivity contribution in [2.45, 2.75) is 200 Å². The third-order valence-electron chi connectivity index (χ3n) is 9.14. The highest BCUT2D eigenvalue weighted by molar-refractivity contribution is 5.71. The van der Waals surface area contributed by atoms with Crippen LogP contribution in [0, 0.1) is 0 Å². The molecule has 0 amide bonds. The Hall–Kier alpha value is -3.15. The minimum atomic E-state index is -0.787. The van der Waals surface area contributed by atoms with Crippen molar-refractivity contribution in [2.24, 2.45) is 0 Å². The molecular weight excluding hydrogens is 673 g/mol. The molecule has 0 rings (SSSR count). The van der Waals surface area contributed by atoms with Gasteiger partial charge in [0.15, 0.2) is 6.10 Å². The van der Waals surface area contributed by atoms with Gasteiger partial charge in [-0.05, 0) is 38.5 Å². The number of carbonyl (C=O) groups excluding carboxylic acids is 3. The molecule has 0 N–H and O–H groups in total. The summed E-state index contributed by atoms with van der Waals surface area (Å²) in [7, 11) is 0. The van der Waals surface area contributed by atoms with Crippen molar-refractivity contribution in [3.8, 4) is 0 Å². The summed E-state index contributed by atoms with van der Waals surface area (Å²) in [6.07, 6.45) is 51.7. The Morgan fingerprint density at radius 3 is 1.13 bits per heavy atom. The average molecular weight is 753 g/mol. The van der Waals surface area contributed by atoms with E-state index in [0.29, 0.717) is 19.3 Å². The standard InChI is InChI=1S/C48H80O6/c1-4-7-10-13-16-19-21-22-23-24-25-26-27-30-32-35-38-41-47(50)53-44-45(43-52-46(49)40-37-34-31-28-18-15-12-9-6-3)54-48(51)42-39-36-33-29-20-17-14-11-8-5-2/h7,10,13,16,19,21-27,45H,4-6,8-9,11-12,14-15,17-18,20,28-44H2,1-3H3/b10-7-,16-13-,21-19-,23-22-,25-24+,27-26-. The first-order valence-electron chi connectivity index (χ1n) is 22.0. The first-order chi connectivity index (χ1) is 26.5. The second-order valence-electron chi connectivity index (χ2n) is 14.4. The molecule has 54 heavy (non-hydrogen) atoms. The number of esters is 3. The maximum atomic E-state index is 12.7. The van der Waals surface area contributed by atoms with Crippen molar-refractivity contribution in [1.82, 2.24) is 0 Å². The Labute approximate surface area is 332 Å². The van der Waals surface area contributed by atoms with E-state index in [0.717, 1.165) is 70.6 Å². The molecule has 0 radical (unpaired) electrons. The van der Waals surface area contributed by atoms with Gasteiger partial charge in [-0.1, -0.05) is 209 Å². The SMILES string of the molecule is CC\C=C/C=C\C=C/C=C\C=C\C=C/CCCCCC(=O)OCC(COC(=O)CCCCCCCCCCC)OC(=O)CCCCCCCCCCCC. The zero-order chi connectivity index (χ0) is 39.4. The summed E-state index contributed by atoms with van der Waals surface area (Å²) >= 11 is 0. The predicted molar refractivity (Wildman–Crippen MR) is 228 cm³/mol. The zero-order valence-corrected chi connectivity index (χ0v) is 35.0. The molecule has 0 bridgehead atoms. The van der Waals surface area contributed by atoms with Gasteiger partial charge in [-0.15, -0.1) is 0 Å². The van der Waals surface area contributed by atoms with E-state index in [4.69, 9.17) is 14.2 Å². The minimum absolute atomic E-state index is 0.0884. The van der Waals surface area contributed by atoms with E-state index in [1.54, 1.807) is 0 Å². The van der Waals surface area contributed by atoms with Crippen LogP contribution in [0.25, 0.3) is 0 Å². The van der Waals surface area contributed by atoms with Crippen molar-refractivity contribution in [1.29, 1.82) is 0 Å². The van der Waals surface area contributed by atoms with Gasteiger partial charge in [0.05, 0.1) is 0 Å². The molecule has 0 spiro atoms. The highest BCUT2D eigenvalue weighted by atomic mass is 16.6. The van der Waals surface area contributed by atoms with Gasteiger partial charge in [0, 0.05) is 19.3 Å². The fraction of sp³-hybridized carbons (Fsp3) is 0.688. The predicted octanol–water partition coefficient (Wildman–Crippen LogP) is 13.9. The average Bonchev–Trinajstić information content (AvgIpc) is 3.17. The summed E-state index contributed by atoms with van der Waals surface area (Å²) in [5.74, 6) is -0.943. The number of ether oxygens (including phenoxy) is 3. The quantitative estimate of drug-likeness (QED) is 0.0270. The van der Waals surface area contributed by atoms with E-state index >= 15 is 0 Å². The highest BCUT2D eigenvalue weighted by Gasteiger charge is 2.19. The third kappa shape index (κ3) is 40.0. The van der Waals surface area contributed by atoms with Crippen LogP contribution in [0.3, 0.4) is 0 Å². The number of hydrogen-bond donors (Lipinski definition) is 0. The van der Waals surface area contributed by atoms with Gasteiger partial charge in [0.25, 0.3) is 0 Å². The number of rotatable bonds is 38. The van der Waals surface area contributed by atoms with Gasteiger partial charge >= 0.3 is 17.9 Å². The molecule has 308 valence electrons. The van der Waals surface area contributed by atoms with E-state index in [2.05, 4.69) is 32.9 Å². The zero-order valence-electron chi connectivity index (χ0n) is 35.0. The molecule has 0 aliphatic rings. The highest BCUT2D eigenvalue weighted by Crippen LogP contribution is 2.14. The molecule has 0 aromatic rings. The Morgan fingerprint density at radius 1 is 0.389 bits per heavy atom. The molecule has 0 aromatic heterocycles. The van der Waals surface area contributed by atoms with Crippen molar-refractivity contribution in [3.05, 3.63) is 72.9 Å². The first kappa shape index (κ1) is 50.9. The van der Waals surface area contributed by atoms with Crippen molar-refractivity contribution in [3.63, 3.8) is 0 Å². The van der Waals surface area contributed by atoms with Gasteiger partial charge in [-0.25, -0.2) is 0 Å². The molecule has 0 aliphatic heterocycles. The fourth-order valence-electron chi connectivity index (χ4n) is 5.82. The second kappa shape index (κ2) is 42.6. The van der Waals surface area contributed by atoms with Crippen LogP contribution in [-0.4, -0.2) is 37.2 Å². The molecule has 6 nitrogen and oxygen atoms in total. The van der Waals surface area contributed by atoms with Crippen LogP contribution in [-0.2, 0) is 28.6 Å². The van der Waals surface area contributed by atoms with Gasteiger partial charge in [0.1, 0.15) is 13.2 Å². The molecule has 0 aromatic carbocycles. The summed E-state index contributed by atoms with van der Waals surface area (Å²) in [4.78, 5) is 37.6. The van der Waals surface area contributed by atoms with E-state index in [9.17, 15) is 14.4 Å². The monoisotopic (exact) mass is 753 g/mol. The maximum absolute atomic E-state index is 12.7. The van der Waals surface area contributed by atoms with Gasteiger partial charge < -0.3 is 14.2 Å². The van der Waals surface area contributed by atoms with Gasteiger partial charge in [-0.3, -0.25) is 14.4 Å². The Balaban J connectivity index is 4.45. The van der Waals surface area contributed by atoms with Crippen LogP contribution in [0.1, 0.15) is 194 Å². The molecule has 0 saturated heterocycles. The molecule has 6 heteroatoms. The molecule has 1 unspecified atom stereocenters. The lowest BCUT2D eigenvalue weighted by Crippen LogP contribution is -2.30. The van der Waals surface area contributed by atoms with Crippen molar-refractivity contribution >= 4 is 17.9 Å². The fourth-order valence-corrected chi connectivity index (χ4v) is 5.82. The summed E-state index contributed by atoms with van der Waals surface area (Å²) in [5.41, 5.74) is 0. The van der Waals surface area contributed by atoms with Crippen LogP contribution in [0.2, 0.25) is 0 Å². The number of allylic oxidation sites excluding steroid dienone is 12. The molecule has 0 fully saturated rings. The summed E-state index contributed by atoms with van der Waals surface area (Å²) < 4.78 is 16.6. The third-order valence-corrected chi connectivity index (χ3v) is 9.14. The lowest BCUT2D eigenvalue weighted by atomic mass is 10.1. The van der Waals surface area contributed by atoms with Crippen LogP contribution < -0.4 is 0 Å². The van der Waals surface area contributed by atoms with E-state index in [-0.39, 0.29) is 31.1 Å². The van der Waals surface area contributed by atoms with Crippen LogP contribution in [0.5, 0.6) is 0 Å².